The zero-order valence-corrected chi connectivity index (χ0v) is 17.3. The summed E-state index contributed by atoms with van der Waals surface area (Å²) in [6.07, 6.45) is 0.304. The molecule has 0 aliphatic carbocycles. The summed E-state index contributed by atoms with van der Waals surface area (Å²) in [6.45, 7) is 3.75. The van der Waals surface area contributed by atoms with Crippen molar-refractivity contribution in [2.24, 2.45) is 5.92 Å². The third-order valence-electron chi connectivity index (χ3n) is 3.92. The Hall–Kier alpha value is -2.64. The summed E-state index contributed by atoms with van der Waals surface area (Å²) in [5.41, 5.74) is 4.31. The van der Waals surface area contributed by atoms with Gasteiger partial charge in [-0.05, 0) is 42.7 Å². The van der Waals surface area contributed by atoms with Gasteiger partial charge in [-0.1, -0.05) is 49.2 Å². The lowest BCUT2D eigenvalue weighted by molar-refractivity contribution is -0.124. The van der Waals surface area contributed by atoms with Gasteiger partial charge in [0.1, 0.15) is 11.9 Å². The molecule has 0 saturated heterocycles. The maximum absolute atomic E-state index is 13.7. The van der Waals surface area contributed by atoms with Gasteiger partial charge in [0.25, 0.3) is 17.7 Å². The van der Waals surface area contributed by atoms with E-state index in [1.807, 2.05) is 13.8 Å². The van der Waals surface area contributed by atoms with Gasteiger partial charge in [0.15, 0.2) is 0 Å². The predicted molar refractivity (Wildman–Crippen MR) is 109 cm³/mol. The van der Waals surface area contributed by atoms with Crippen LogP contribution in [0, 0.1) is 11.7 Å². The molecule has 0 fully saturated rings. The van der Waals surface area contributed by atoms with E-state index in [0.29, 0.717) is 11.4 Å². The minimum atomic E-state index is -0.949. The molecular formula is C20H20Cl2FN3O3. The van der Waals surface area contributed by atoms with E-state index in [4.69, 9.17) is 23.2 Å². The van der Waals surface area contributed by atoms with Gasteiger partial charge in [-0.25, -0.2) is 4.39 Å². The Balaban J connectivity index is 2.06. The first-order valence-electron chi connectivity index (χ1n) is 8.79. The predicted octanol–water partition coefficient (Wildman–Crippen LogP) is 3.74. The van der Waals surface area contributed by atoms with Gasteiger partial charge in [-0.15, -0.1) is 0 Å². The fourth-order valence-corrected chi connectivity index (χ4v) is 3.03. The normalized spacial score (nSPS) is 11.7. The summed E-state index contributed by atoms with van der Waals surface area (Å²) in [5, 5.41) is 3.11. The number of amides is 3. The summed E-state index contributed by atoms with van der Waals surface area (Å²) in [6, 6.07) is 8.79. The number of hydrogen-bond donors (Lipinski definition) is 3. The summed E-state index contributed by atoms with van der Waals surface area (Å²) < 4.78 is 13.7. The number of carbonyl (C=O) groups excluding carboxylic acids is 3. The quantitative estimate of drug-likeness (QED) is 0.599. The lowest BCUT2D eigenvalue weighted by atomic mass is 10.0. The number of hydrazine groups is 1. The number of benzene rings is 2. The Morgan fingerprint density at radius 1 is 0.966 bits per heavy atom. The Morgan fingerprint density at radius 2 is 1.66 bits per heavy atom. The molecule has 0 bridgehead atoms. The summed E-state index contributed by atoms with van der Waals surface area (Å²) >= 11 is 11.9. The molecule has 0 heterocycles. The Labute approximate surface area is 177 Å². The maximum Gasteiger partial charge on any atom is 0.272 e. The van der Waals surface area contributed by atoms with Crippen molar-refractivity contribution in [2.45, 2.75) is 26.3 Å². The second kappa shape index (κ2) is 10.2. The van der Waals surface area contributed by atoms with Crippen molar-refractivity contribution in [3.8, 4) is 0 Å². The van der Waals surface area contributed by atoms with Crippen LogP contribution in [-0.2, 0) is 4.79 Å². The van der Waals surface area contributed by atoms with Crippen LogP contribution in [0.1, 0.15) is 41.0 Å². The van der Waals surface area contributed by atoms with Crippen LogP contribution in [0.25, 0.3) is 0 Å². The number of hydrogen-bond acceptors (Lipinski definition) is 3. The van der Waals surface area contributed by atoms with Gasteiger partial charge in [-0.3, -0.25) is 25.2 Å². The first kappa shape index (κ1) is 22.6. The van der Waals surface area contributed by atoms with Crippen molar-refractivity contribution in [3.63, 3.8) is 0 Å². The molecule has 0 radical (unpaired) electrons. The molecule has 154 valence electrons. The average molecular weight is 440 g/mol. The topological polar surface area (TPSA) is 87.3 Å². The molecule has 3 N–H and O–H groups in total. The van der Waals surface area contributed by atoms with Gasteiger partial charge in [0.05, 0.1) is 16.1 Å². The third-order valence-corrected chi connectivity index (χ3v) is 4.47. The highest BCUT2D eigenvalue weighted by Crippen LogP contribution is 2.21. The highest BCUT2D eigenvalue weighted by Gasteiger charge is 2.24. The molecule has 6 nitrogen and oxygen atoms in total. The van der Waals surface area contributed by atoms with Crippen molar-refractivity contribution >= 4 is 40.9 Å². The van der Waals surface area contributed by atoms with Crippen molar-refractivity contribution < 1.29 is 18.8 Å². The lowest BCUT2D eigenvalue weighted by Gasteiger charge is -2.20. The first-order chi connectivity index (χ1) is 13.7. The second-order valence-electron chi connectivity index (χ2n) is 6.70. The highest BCUT2D eigenvalue weighted by molar-refractivity contribution is 6.36. The zero-order valence-electron chi connectivity index (χ0n) is 15.8. The van der Waals surface area contributed by atoms with E-state index in [0.717, 1.165) is 6.07 Å². The van der Waals surface area contributed by atoms with E-state index in [9.17, 15) is 18.8 Å². The summed E-state index contributed by atoms with van der Waals surface area (Å²) in [4.78, 5) is 37.1. The van der Waals surface area contributed by atoms with Crippen LogP contribution >= 0.6 is 23.2 Å². The maximum atomic E-state index is 13.7. The minimum absolute atomic E-state index is 0.0639. The van der Waals surface area contributed by atoms with Gasteiger partial charge in [-0.2, -0.15) is 0 Å². The standard InChI is InChI=1S/C20H20Cl2FN3O3/c1-11(2)9-17(24-18(27)13-8-7-12(21)10-15(13)22)20(29)26-25-19(28)14-5-3-4-6-16(14)23/h3-8,10-11,17H,9H2,1-2H3,(H,24,27)(H,25,28)(H,26,29). The summed E-state index contributed by atoms with van der Waals surface area (Å²) in [5.74, 6) is -2.68. The SMILES string of the molecule is CC(C)CC(NC(=O)c1ccc(Cl)cc1Cl)C(=O)NNC(=O)c1ccccc1F. The van der Waals surface area contributed by atoms with Crippen LogP contribution in [-0.4, -0.2) is 23.8 Å². The van der Waals surface area contributed by atoms with Gasteiger partial charge in [0.2, 0.25) is 0 Å². The average Bonchev–Trinajstić information content (AvgIpc) is 2.65. The molecule has 0 aliphatic heterocycles. The van der Waals surface area contributed by atoms with E-state index in [2.05, 4.69) is 16.2 Å². The lowest BCUT2D eigenvalue weighted by Crippen LogP contribution is -2.52. The molecule has 2 rings (SSSR count). The second-order valence-corrected chi connectivity index (χ2v) is 7.55. The Bertz CT molecular complexity index is 922. The van der Waals surface area contributed by atoms with Gasteiger partial charge < -0.3 is 5.32 Å². The molecule has 29 heavy (non-hydrogen) atoms. The van der Waals surface area contributed by atoms with Gasteiger partial charge in [0, 0.05) is 5.02 Å². The van der Waals surface area contributed by atoms with Crippen LogP contribution < -0.4 is 16.2 Å². The van der Waals surface area contributed by atoms with E-state index in [-0.39, 0.29) is 22.1 Å². The van der Waals surface area contributed by atoms with Crippen molar-refractivity contribution in [1.29, 1.82) is 0 Å². The molecule has 9 heteroatoms. The van der Waals surface area contributed by atoms with E-state index >= 15 is 0 Å². The van der Waals surface area contributed by atoms with E-state index < -0.39 is 29.6 Å². The monoisotopic (exact) mass is 439 g/mol. The highest BCUT2D eigenvalue weighted by atomic mass is 35.5. The molecule has 2 aromatic carbocycles. The minimum Gasteiger partial charge on any atom is -0.340 e. The zero-order chi connectivity index (χ0) is 21.6. The molecule has 3 amide bonds. The Morgan fingerprint density at radius 3 is 2.28 bits per heavy atom. The van der Waals surface area contributed by atoms with E-state index in [1.54, 1.807) is 0 Å². The number of carbonyl (C=O) groups is 3. The molecule has 2 aromatic rings. The number of halogens is 3. The molecule has 0 aliphatic rings. The van der Waals surface area contributed by atoms with Gasteiger partial charge >= 0.3 is 0 Å². The first-order valence-corrected chi connectivity index (χ1v) is 9.55. The molecule has 0 aromatic heterocycles. The van der Waals surface area contributed by atoms with Crippen LogP contribution in [0.15, 0.2) is 42.5 Å². The Kier molecular flexibility index (Phi) is 7.99. The fourth-order valence-electron chi connectivity index (χ4n) is 2.53. The molecular weight excluding hydrogens is 420 g/mol. The third kappa shape index (κ3) is 6.44. The van der Waals surface area contributed by atoms with Crippen LogP contribution in [0.5, 0.6) is 0 Å². The van der Waals surface area contributed by atoms with Crippen LogP contribution in [0.2, 0.25) is 10.0 Å². The number of rotatable bonds is 6. The van der Waals surface area contributed by atoms with Crippen LogP contribution in [0.3, 0.4) is 0 Å². The molecule has 0 saturated carbocycles. The van der Waals surface area contributed by atoms with Crippen molar-refractivity contribution in [3.05, 3.63) is 69.5 Å². The van der Waals surface area contributed by atoms with E-state index in [1.165, 1.54) is 36.4 Å². The van der Waals surface area contributed by atoms with Crippen molar-refractivity contribution in [2.75, 3.05) is 0 Å². The fraction of sp³-hybridized carbons (Fsp3) is 0.250. The smallest absolute Gasteiger partial charge is 0.272 e. The van der Waals surface area contributed by atoms with Crippen molar-refractivity contribution in [1.82, 2.24) is 16.2 Å². The molecule has 1 unspecified atom stereocenters. The number of nitrogens with one attached hydrogen (secondary N) is 3. The van der Waals surface area contributed by atoms with Crippen LogP contribution in [0.4, 0.5) is 4.39 Å². The largest absolute Gasteiger partial charge is 0.340 e. The summed E-state index contributed by atoms with van der Waals surface area (Å²) in [7, 11) is 0. The molecule has 1 atom stereocenters. The molecule has 0 spiro atoms.